The number of nitrogens with zero attached hydrogens (tertiary/aromatic N) is 2. The molecule has 0 radical (unpaired) electrons. The third kappa shape index (κ3) is 1.81. The lowest BCUT2D eigenvalue weighted by molar-refractivity contribution is 0.301. The maximum absolute atomic E-state index is 11.7. The Morgan fingerprint density at radius 1 is 1.44 bits per heavy atom. The molecule has 0 saturated carbocycles. The molecule has 0 spiro atoms. The van der Waals surface area contributed by atoms with Crippen LogP contribution in [0, 0.1) is 0 Å². The van der Waals surface area contributed by atoms with Gasteiger partial charge >= 0.3 is 5.69 Å². The van der Waals surface area contributed by atoms with Gasteiger partial charge in [0, 0.05) is 38.3 Å². The van der Waals surface area contributed by atoms with E-state index in [1.165, 1.54) is 0 Å². The molecule has 0 aliphatic carbocycles. The van der Waals surface area contributed by atoms with Gasteiger partial charge in [0.2, 0.25) is 0 Å². The Morgan fingerprint density at radius 2 is 2.19 bits per heavy atom. The predicted molar refractivity (Wildman–Crippen MR) is 60.4 cm³/mol. The summed E-state index contributed by atoms with van der Waals surface area (Å²) in [5, 5.41) is 0. The molecule has 1 aliphatic heterocycles. The van der Waals surface area contributed by atoms with Gasteiger partial charge in [0.05, 0.1) is 5.56 Å². The van der Waals surface area contributed by atoms with Crippen molar-refractivity contribution in [2.24, 2.45) is 5.73 Å². The second kappa shape index (κ2) is 4.23. The summed E-state index contributed by atoms with van der Waals surface area (Å²) in [6.07, 6.45) is 0.727. The number of likely N-dealkylation sites (N-methyl/N-ethyl adjacent to an activating group) is 1. The number of fused-ring (bicyclic) bond motifs is 1. The maximum atomic E-state index is 11.7. The van der Waals surface area contributed by atoms with Crippen LogP contribution < -0.4 is 17.0 Å². The molecule has 0 bridgehead atoms. The summed E-state index contributed by atoms with van der Waals surface area (Å²) in [4.78, 5) is 27.7. The minimum absolute atomic E-state index is 0.264. The topological polar surface area (TPSA) is 84.1 Å². The molecule has 2 rings (SSSR count). The molecule has 0 fully saturated rings. The highest BCUT2D eigenvalue weighted by Gasteiger charge is 2.20. The van der Waals surface area contributed by atoms with Crippen LogP contribution in [0.5, 0.6) is 0 Å². The molecule has 2 heterocycles. The summed E-state index contributed by atoms with van der Waals surface area (Å²) < 4.78 is 1.59. The van der Waals surface area contributed by atoms with E-state index in [1.807, 2.05) is 7.05 Å². The van der Waals surface area contributed by atoms with E-state index in [0.29, 0.717) is 25.2 Å². The fourth-order valence-electron chi connectivity index (χ4n) is 2.12. The van der Waals surface area contributed by atoms with Gasteiger partial charge in [-0.05, 0) is 7.05 Å². The smallest absolute Gasteiger partial charge is 0.328 e. The van der Waals surface area contributed by atoms with Gasteiger partial charge < -0.3 is 10.6 Å². The molecule has 1 aliphatic rings. The molecule has 0 amide bonds. The highest BCUT2D eigenvalue weighted by atomic mass is 16.2. The largest absolute Gasteiger partial charge is 0.329 e. The van der Waals surface area contributed by atoms with Crippen molar-refractivity contribution in [2.45, 2.75) is 19.5 Å². The Labute approximate surface area is 92.7 Å². The van der Waals surface area contributed by atoms with Crippen LogP contribution in [0.15, 0.2) is 9.59 Å². The van der Waals surface area contributed by atoms with E-state index >= 15 is 0 Å². The van der Waals surface area contributed by atoms with E-state index in [1.54, 1.807) is 4.57 Å². The second-order valence-electron chi connectivity index (χ2n) is 4.11. The van der Waals surface area contributed by atoms with Crippen LogP contribution in [0.2, 0.25) is 0 Å². The lowest BCUT2D eigenvalue weighted by atomic mass is 10.1. The Balaban J connectivity index is 2.60. The summed E-state index contributed by atoms with van der Waals surface area (Å²) >= 11 is 0. The van der Waals surface area contributed by atoms with Crippen molar-refractivity contribution in [1.82, 2.24) is 14.5 Å². The fourth-order valence-corrected chi connectivity index (χ4v) is 2.12. The number of nitrogens with one attached hydrogen (secondary N) is 1. The molecular formula is C10H16N4O2. The molecule has 16 heavy (non-hydrogen) atoms. The van der Waals surface area contributed by atoms with E-state index in [2.05, 4.69) is 9.88 Å². The van der Waals surface area contributed by atoms with Gasteiger partial charge in [-0.2, -0.15) is 0 Å². The molecular weight excluding hydrogens is 208 g/mol. The molecule has 88 valence electrons. The summed E-state index contributed by atoms with van der Waals surface area (Å²) in [5.74, 6) is 0. The van der Waals surface area contributed by atoms with E-state index in [4.69, 9.17) is 5.73 Å². The first-order chi connectivity index (χ1) is 7.63. The predicted octanol–water partition coefficient (Wildman–Crippen LogP) is -1.52. The molecule has 1 aromatic heterocycles. The lowest BCUT2D eigenvalue weighted by Crippen LogP contribution is -2.42. The monoisotopic (exact) mass is 224 g/mol. The number of hydrogen-bond donors (Lipinski definition) is 2. The third-order valence-electron chi connectivity index (χ3n) is 2.92. The summed E-state index contributed by atoms with van der Waals surface area (Å²) in [6, 6.07) is 0. The first-order valence-corrected chi connectivity index (χ1v) is 5.37. The quantitative estimate of drug-likeness (QED) is 0.639. The summed E-state index contributed by atoms with van der Waals surface area (Å²) in [7, 11) is 1.96. The van der Waals surface area contributed by atoms with Gasteiger partial charge in [0.25, 0.3) is 5.56 Å². The number of H-pyrrole nitrogens is 1. The van der Waals surface area contributed by atoms with E-state index < -0.39 is 0 Å². The third-order valence-corrected chi connectivity index (χ3v) is 2.92. The van der Waals surface area contributed by atoms with Crippen LogP contribution in [0.25, 0.3) is 0 Å². The minimum atomic E-state index is -0.348. The Kier molecular flexibility index (Phi) is 2.93. The van der Waals surface area contributed by atoms with Gasteiger partial charge in [-0.3, -0.25) is 14.3 Å². The number of hydrogen-bond acceptors (Lipinski definition) is 4. The molecule has 0 atom stereocenters. The molecule has 1 aromatic rings. The zero-order valence-electron chi connectivity index (χ0n) is 9.32. The van der Waals surface area contributed by atoms with Crippen molar-refractivity contribution >= 4 is 0 Å². The SMILES string of the molecule is CN1CCc2c(c(=O)[nH]c(=O)n2CCN)C1. The molecule has 0 unspecified atom stereocenters. The van der Waals surface area contributed by atoms with Crippen molar-refractivity contribution in [3.8, 4) is 0 Å². The van der Waals surface area contributed by atoms with Gasteiger partial charge in [-0.15, -0.1) is 0 Å². The molecule has 0 aromatic carbocycles. The molecule has 6 heteroatoms. The van der Waals surface area contributed by atoms with Gasteiger partial charge in [0.15, 0.2) is 0 Å². The number of aromatic nitrogens is 2. The number of nitrogens with two attached hydrogens (primary N) is 1. The van der Waals surface area contributed by atoms with E-state index in [0.717, 1.165) is 18.7 Å². The second-order valence-corrected chi connectivity index (χ2v) is 4.11. The van der Waals surface area contributed by atoms with Crippen LogP contribution in [0.3, 0.4) is 0 Å². The first-order valence-electron chi connectivity index (χ1n) is 5.37. The maximum Gasteiger partial charge on any atom is 0.328 e. The number of rotatable bonds is 2. The molecule has 3 N–H and O–H groups in total. The average Bonchev–Trinajstić information content (AvgIpc) is 2.24. The Hall–Kier alpha value is -1.40. The first kappa shape index (κ1) is 11.1. The normalized spacial score (nSPS) is 16.1. The van der Waals surface area contributed by atoms with Crippen LogP contribution >= 0.6 is 0 Å². The summed E-state index contributed by atoms with van der Waals surface area (Å²) in [6.45, 7) is 2.31. The van der Waals surface area contributed by atoms with Crippen molar-refractivity contribution in [2.75, 3.05) is 20.1 Å². The van der Waals surface area contributed by atoms with Crippen molar-refractivity contribution in [1.29, 1.82) is 0 Å². The zero-order chi connectivity index (χ0) is 11.7. The highest BCUT2D eigenvalue weighted by Crippen LogP contribution is 2.12. The lowest BCUT2D eigenvalue weighted by Gasteiger charge is -2.26. The van der Waals surface area contributed by atoms with Crippen molar-refractivity contribution in [3.05, 3.63) is 32.1 Å². The van der Waals surface area contributed by atoms with Crippen molar-refractivity contribution in [3.63, 3.8) is 0 Å². The van der Waals surface area contributed by atoms with Gasteiger partial charge in [-0.25, -0.2) is 4.79 Å². The van der Waals surface area contributed by atoms with Crippen molar-refractivity contribution < 1.29 is 0 Å². The van der Waals surface area contributed by atoms with E-state index in [-0.39, 0.29) is 11.2 Å². The number of aromatic amines is 1. The van der Waals surface area contributed by atoms with Gasteiger partial charge in [0.1, 0.15) is 0 Å². The van der Waals surface area contributed by atoms with Crippen LogP contribution in [-0.2, 0) is 19.5 Å². The van der Waals surface area contributed by atoms with Crippen LogP contribution in [-0.4, -0.2) is 34.6 Å². The Bertz CT molecular complexity index is 474. The zero-order valence-corrected chi connectivity index (χ0v) is 9.32. The van der Waals surface area contributed by atoms with Gasteiger partial charge in [-0.1, -0.05) is 0 Å². The highest BCUT2D eigenvalue weighted by molar-refractivity contribution is 5.20. The average molecular weight is 224 g/mol. The van der Waals surface area contributed by atoms with Crippen LogP contribution in [0.1, 0.15) is 11.3 Å². The van der Waals surface area contributed by atoms with Crippen LogP contribution in [0.4, 0.5) is 0 Å². The minimum Gasteiger partial charge on any atom is -0.329 e. The summed E-state index contributed by atoms with van der Waals surface area (Å²) in [5.41, 5.74) is 6.39. The standard InChI is InChI=1S/C10H16N4O2/c1-13-4-2-8-7(6-13)9(15)12-10(16)14(8)5-3-11/h2-6,11H2,1H3,(H,12,15,16). The molecule has 6 nitrogen and oxygen atoms in total. The molecule has 0 saturated heterocycles. The fraction of sp³-hybridized carbons (Fsp3) is 0.600. The van der Waals surface area contributed by atoms with E-state index in [9.17, 15) is 9.59 Å². The Morgan fingerprint density at radius 3 is 2.88 bits per heavy atom.